The number of rotatable bonds is 10. The molecule has 0 saturated heterocycles. The lowest BCUT2D eigenvalue weighted by Gasteiger charge is -2.28. The minimum absolute atomic E-state index is 0.0278. The third kappa shape index (κ3) is 7.53. The van der Waals surface area contributed by atoms with Crippen LogP contribution in [0.5, 0.6) is 0 Å². The summed E-state index contributed by atoms with van der Waals surface area (Å²) in [6, 6.07) is 23.1. The normalized spacial score (nSPS) is 14.7. The first-order valence-corrected chi connectivity index (χ1v) is 14.6. The summed E-state index contributed by atoms with van der Waals surface area (Å²) < 4.78 is 0. The zero-order valence-corrected chi connectivity index (χ0v) is 25.0. The van der Waals surface area contributed by atoms with Crippen LogP contribution in [-0.4, -0.2) is 38.5 Å². The van der Waals surface area contributed by atoms with Crippen molar-refractivity contribution in [1.82, 2.24) is 10.2 Å². The molecule has 1 N–H and O–H groups in total. The molecular weight excluding hydrogens is 576 g/mol. The topological polar surface area (TPSA) is 122 Å². The maximum Gasteiger partial charge on any atom is 0.285 e. The zero-order chi connectivity index (χ0) is 31.6. The van der Waals surface area contributed by atoms with E-state index in [0.717, 1.165) is 22.9 Å². The van der Waals surface area contributed by atoms with Crippen molar-refractivity contribution in [3.63, 3.8) is 0 Å². The molecule has 0 spiro atoms. The van der Waals surface area contributed by atoms with Gasteiger partial charge in [0.25, 0.3) is 17.5 Å². The number of benzene rings is 3. The van der Waals surface area contributed by atoms with Crippen molar-refractivity contribution >= 4 is 46.4 Å². The number of nitrogens with one attached hydrogen (secondary N) is 1. The first-order chi connectivity index (χ1) is 21.2. The van der Waals surface area contributed by atoms with E-state index in [1.54, 1.807) is 44.2 Å². The molecule has 1 aliphatic rings. The van der Waals surface area contributed by atoms with E-state index in [9.17, 15) is 24.5 Å². The van der Waals surface area contributed by atoms with Crippen molar-refractivity contribution in [3.8, 4) is 0 Å². The number of nitro groups is 1. The van der Waals surface area contributed by atoms with Crippen LogP contribution < -0.4 is 5.32 Å². The van der Waals surface area contributed by atoms with Gasteiger partial charge in [0.05, 0.1) is 16.7 Å². The molecule has 4 rings (SSSR count). The standard InChI is InChI=1S/C34H30N4O5S/c1-4-6-17-27(5-2)37-33(41)28(20-24-19-18-23(3)29(21-24)38(42)43)32(40)36-34(37)44-22-30(39)35-31(25-13-9-7-10-14-25)26-15-11-8-12-16-26/h4-21,31H,1,22H2,2-3H3,(H,35,39)/b17-6-,27-5+,28-20+. The Labute approximate surface area is 259 Å². The van der Waals surface area contributed by atoms with Crippen molar-refractivity contribution in [2.24, 2.45) is 4.99 Å². The summed E-state index contributed by atoms with van der Waals surface area (Å²) in [6.45, 7) is 6.99. The average molecular weight is 607 g/mol. The lowest BCUT2D eigenvalue weighted by molar-refractivity contribution is -0.385. The van der Waals surface area contributed by atoms with Crippen LogP contribution in [0.3, 0.4) is 0 Å². The number of hydrogen-bond donors (Lipinski definition) is 1. The van der Waals surface area contributed by atoms with Crippen molar-refractivity contribution in [3.05, 3.63) is 153 Å². The molecule has 0 atom stereocenters. The number of allylic oxidation sites excluding steroid dienone is 4. The van der Waals surface area contributed by atoms with E-state index in [1.807, 2.05) is 60.7 Å². The fourth-order valence-corrected chi connectivity index (χ4v) is 5.28. The van der Waals surface area contributed by atoms with Gasteiger partial charge in [-0.05, 0) is 42.7 Å². The Morgan fingerprint density at radius 2 is 1.70 bits per heavy atom. The van der Waals surface area contributed by atoms with Gasteiger partial charge in [0.15, 0.2) is 5.17 Å². The molecular formula is C34H30N4O5S. The number of amides is 3. The Hall–Kier alpha value is -5.35. The van der Waals surface area contributed by atoms with Crippen molar-refractivity contribution in [2.75, 3.05) is 5.75 Å². The molecule has 3 aromatic carbocycles. The number of thioether (sulfide) groups is 1. The number of nitrogens with zero attached hydrogens (tertiary/aromatic N) is 3. The van der Waals surface area contributed by atoms with E-state index in [2.05, 4.69) is 16.9 Å². The molecule has 9 nitrogen and oxygen atoms in total. The average Bonchev–Trinajstić information content (AvgIpc) is 3.03. The Balaban J connectivity index is 1.64. The Bertz CT molecular complexity index is 1670. The number of nitro benzene ring substituents is 1. The highest BCUT2D eigenvalue weighted by molar-refractivity contribution is 8.14. The predicted octanol–water partition coefficient (Wildman–Crippen LogP) is 6.30. The van der Waals surface area contributed by atoms with Gasteiger partial charge in [0.1, 0.15) is 5.57 Å². The third-order valence-electron chi connectivity index (χ3n) is 6.65. The van der Waals surface area contributed by atoms with Gasteiger partial charge in [0, 0.05) is 17.3 Å². The number of carbonyl (C=O) groups is 3. The molecule has 1 heterocycles. The van der Waals surface area contributed by atoms with E-state index < -0.39 is 22.8 Å². The van der Waals surface area contributed by atoms with Gasteiger partial charge in [-0.3, -0.25) is 29.4 Å². The van der Waals surface area contributed by atoms with E-state index in [-0.39, 0.29) is 28.1 Å². The first kappa shape index (κ1) is 31.6. The van der Waals surface area contributed by atoms with Gasteiger partial charge in [0.2, 0.25) is 5.91 Å². The van der Waals surface area contributed by atoms with E-state index >= 15 is 0 Å². The summed E-state index contributed by atoms with van der Waals surface area (Å²) in [4.78, 5) is 56.6. The number of carbonyl (C=O) groups excluding carboxylic acids is 3. The number of amidine groups is 1. The Morgan fingerprint density at radius 1 is 1.07 bits per heavy atom. The predicted molar refractivity (Wildman–Crippen MR) is 174 cm³/mol. The van der Waals surface area contributed by atoms with Crippen LogP contribution in [0, 0.1) is 17.0 Å². The summed E-state index contributed by atoms with van der Waals surface area (Å²) in [6.07, 6.45) is 7.75. The fourth-order valence-electron chi connectivity index (χ4n) is 4.47. The number of aryl methyl sites for hydroxylation is 1. The molecule has 3 amide bonds. The third-order valence-corrected chi connectivity index (χ3v) is 7.59. The van der Waals surface area contributed by atoms with Crippen molar-refractivity contribution in [2.45, 2.75) is 19.9 Å². The molecule has 1 aliphatic heterocycles. The molecule has 0 bridgehead atoms. The molecule has 222 valence electrons. The highest BCUT2D eigenvalue weighted by Crippen LogP contribution is 2.28. The molecule has 44 heavy (non-hydrogen) atoms. The van der Waals surface area contributed by atoms with Crippen molar-refractivity contribution < 1.29 is 19.3 Å². The van der Waals surface area contributed by atoms with E-state index in [1.165, 1.54) is 23.1 Å². The minimum atomic E-state index is -0.813. The largest absolute Gasteiger partial charge is 0.344 e. The van der Waals surface area contributed by atoms with Crippen LogP contribution in [0.1, 0.15) is 35.2 Å². The lowest BCUT2D eigenvalue weighted by atomic mass is 9.99. The van der Waals surface area contributed by atoms with Crippen molar-refractivity contribution in [1.29, 1.82) is 0 Å². The number of aliphatic imine (C=N–C) groups is 1. The molecule has 3 aromatic rings. The van der Waals surface area contributed by atoms with Crippen LogP contribution in [0.25, 0.3) is 6.08 Å². The summed E-state index contributed by atoms with van der Waals surface area (Å²) in [5.74, 6) is -1.94. The highest BCUT2D eigenvalue weighted by Gasteiger charge is 2.35. The summed E-state index contributed by atoms with van der Waals surface area (Å²) in [7, 11) is 0. The van der Waals surface area contributed by atoms with Gasteiger partial charge in [-0.1, -0.05) is 109 Å². The molecule has 10 heteroatoms. The van der Waals surface area contributed by atoms with Crippen LogP contribution in [0.4, 0.5) is 5.69 Å². The van der Waals surface area contributed by atoms with Gasteiger partial charge in [-0.25, -0.2) is 0 Å². The van der Waals surface area contributed by atoms with Crippen LogP contribution >= 0.6 is 11.8 Å². The quantitative estimate of drug-likeness (QED) is 0.0951. The van der Waals surface area contributed by atoms with Crippen LogP contribution in [-0.2, 0) is 14.4 Å². The van der Waals surface area contributed by atoms with Gasteiger partial charge >= 0.3 is 0 Å². The Kier molecular flexibility index (Phi) is 10.6. The summed E-state index contributed by atoms with van der Waals surface area (Å²) in [5.41, 5.74) is 2.55. The maximum absolute atomic E-state index is 13.8. The molecule has 0 fully saturated rings. The summed E-state index contributed by atoms with van der Waals surface area (Å²) in [5, 5.41) is 14.5. The Morgan fingerprint density at radius 3 is 2.27 bits per heavy atom. The van der Waals surface area contributed by atoms with Gasteiger partial charge in [-0.15, -0.1) is 0 Å². The summed E-state index contributed by atoms with van der Waals surface area (Å²) >= 11 is 0.952. The minimum Gasteiger partial charge on any atom is -0.344 e. The van der Waals surface area contributed by atoms with Crippen LogP contribution in [0.15, 0.2) is 126 Å². The number of hydrogen-bond acceptors (Lipinski definition) is 6. The second kappa shape index (κ2) is 14.7. The van der Waals surface area contributed by atoms with Gasteiger partial charge in [-0.2, -0.15) is 4.99 Å². The monoisotopic (exact) mass is 606 g/mol. The second-order valence-corrected chi connectivity index (χ2v) is 10.6. The zero-order valence-electron chi connectivity index (χ0n) is 24.2. The van der Waals surface area contributed by atoms with Gasteiger partial charge < -0.3 is 5.32 Å². The maximum atomic E-state index is 13.8. The van der Waals surface area contributed by atoms with E-state index in [0.29, 0.717) is 16.8 Å². The smallest absolute Gasteiger partial charge is 0.285 e. The lowest BCUT2D eigenvalue weighted by Crippen LogP contribution is -2.42. The second-order valence-electron chi connectivity index (χ2n) is 9.62. The van der Waals surface area contributed by atoms with E-state index in [4.69, 9.17) is 0 Å². The molecule has 0 saturated carbocycles. The SMILES string of the molecule is C=C/C=C\C(=C/C)N1C(=O)/C(=C/c2ccc(C)c([N+](=O)[O-])c2)C(=O)N=C1SCC(=O)NC(c1ccccc1)c1ccccc1. The molecule has 0 aliphatic carbocycles. The van der Waals surface area contributed by atoms with Crippen LogP contribution in [0.2, 0.25) is 0 Å². The molecule has 0 radical (unpaired) electrons. The fraction of sp³-hybridized carbons (Fsp3) is 0.118. The first-order valence-electron chi connectivity index (χ1n) is 13.6. The molecule has 0 unspecified atom stereocenters. The highest BCUT2D eigenvalue weighted by atomic mass is 32.2. The molecule has 0 aromatic heterocycles.